The van der Waals surface area contributed by atoms with Gasteiger partial charge in [-0.3, -0.25) is 4.79 Å². The highest BCUT2D eigenvalue weighted by atomic mass is 16.4. The summed E-state index contributed by atoms with van der Waals surface area (Å²) in [6.45, 7) is 0. The summed E-state index contributed by atoms with van der Waals surface area (Å²) in [5.41, 5.74) is 1.49. The van der Waals surface area contributed by atoms with E-state index in [4.69, 9.17) is 5.11 Å². The summed E-state index contributed by atoms with van der Waals surface area (Å²) in [6.07, 6.45) is 4.01. The second kappa shape index (κ2) is 5.58. The Morgan fingerprint density at radius 1 is 1.37 bits per heavy atom. The molecule has 0 fully saturated rings. The zero-order valence-electron chi connectivity index (χ0n) is 10.6. The third-order valence-corrected chi connectivity index (χ3v) is 3.01. The van der Waals surface area contributed by atoms with Gasteiger partial charge in [-0.1, -0.05) is 6.07 Å². The molecular weight excluding hydrogens is 244 g/mol. The molecule has 2 rings (SSSR count). The van der Waals surface area contributed by atoms with E-state index in [1.807, 2.05) is 24.5 Å². The summed E-state index contributed by atoms with van der Waals surface area (Å²) in [4.78, 5) is 11.0. The second-order valence-electron chi connectivity index (χ2n) is 4.30. The van der Waals surface area contributed by atoms with Crippen molar-refractivity contribution in [3.63, 3.8) is 0 Å². The van der Waals surface area contributed by atoms with Crippen LogP contribution in [-0.4, -0.2) is 33.8 Å². The van der Waals surface area contributed by atoms with Crippen LogP contribution in [0.4, 0.5) is 0 Å². The molecule has 0 aliphatic carbocycles. The number of rotatable bonds is 5. The molecule has 19 heavy (non-hydrogen) atoms. The van der Waals surface area contributed by atoms with Gasteiger partial charge in [-0.25, -0.2) is 0 Å². The number of carbonyl (C=O) groups is 1. The van der Waals surface area contributed by atoms with Crippen molar-refractivity contribution in [2.24, 2.45) is 0 Å². The number of hydrogen-bond donors (Lipinski definition) is 3. The third-order valence-electron chi connectivity index (χ3n) is 3.01. The maximum absolute atomic E-state index is 11.0. The zero-order valence-corrected chi connectivity index (χ0v) is 10.6. The number of benzene rings is 1. The number of aliphatic carboxylic acids is 1. The first-order valence-corrected chi connectivity index (χ1v) is 5.97. The Balaban J connectivity index is 2.29. The largest absolute Gasteiger partial charge is 0.506 e. The predicted octanol–water partition coefficient (Wildman–Crippen LogP) is 1.40. The van der Waals surface area contributed by atoms with Crippen molar-refractivity contribution in [2.45, 2.75) is 12.5 Å². The Hall–Kier alpha value is -2.27. The Bertz CT molecular complexity index is 564. The normalized spacial score (nSPS) is 12.3. The number of phenolic OH excluding ortho intramolecular Hbond substituents is 1. The zero-order chi connectivity index (χ0) is 13.8. The molecule has 1 atom stereocenters. The standard InChI is InChI=1S/C14H16N2O3/c1-15-11(14(18)19)8-10-4-5-13(17)12(9-10)16-6-2-3-7-16/h2-7,9,11,15,17H,8H2,1H3,(H,18,19). The van der Waals surface area contributed by atoms with Gasteiger partial charge >= 0.3 is 5.97 Å². The number of aromatic hydroxyl groups is 1. The molecule has 1 heterocycles. The van der Waals surface area contributed by atoms with E-state index in [1.165, 1.54) is 0 Å². The summed E-state index contributed by atoms with van der Waals surface area (Å²) >= 11 is 0. The van der Waals surface area contributed by atoms with Crippen molar-refractivity contribution in [3.8, 4) is 11.4 Å². The molecule has 0 aliphatic rings. The monoisotopic (exact) mass is 260 g/mol. The Morgan fingerprint density at radius 3 is 2.63 bits per heavy atom. The van der Waals surface area contributed by atoms with Gasteiger partial charge in [0, 0.05) is 12.4 Å². The average Bonchev–Trinajstić information content (AvgIpc) is 2.91. The fourth-order valence-corrected chi connectivity index (χ4v) is 1.95. The van der Waals surface area contributed by atoms with Gasteiger partial charge in [0.25, 0.3) is 0 Å². The van der Waals surface area contributed by atoms with Crippen LogP contribution in [0.25, 0.3) is 5.69 Å². The highest BCUT2D eigenvalue weighted by molar-refractivity contribution is 5.74. The van der Waals surface area contributed by atoms with Gasteiger partial charge in [0.05, 0.1) is 5.69 Å². The minimum atomic E-state index is -0.891. The molecule has 0 saturated heterocycles. The average molecular weight is 260 g/mol. The molecule has 0 aliphatic heterocycles. The van der Waals surface area contributed by atoms with Gasteiger partial charge in [0.2, 0.25) is 0 Å². The van der Waals surface area contributed by atoms with Gasteiger partial charge in [-0.05, 0) is 43.3 Å². The van der Waals surface area contributed by atoms with E-state index in [1.54, 1.807) is 29.8 Å². The van der Waals surface area contributed by atoms with E-state index < -0.39 is 12.0 Å². The fourth-order valence-electron chi connectivity index (χ4n) is 1.95. The topological polar surface area (TPSA) is 74.5 Å². The smallest absolute Gasteiger partial charge is 0.321 e. The third kappa shape index (κ3) is 2.95. The molecule has 0 spiro atoms. The van der Waals surface area contributed by atoms with Crippen molar-refractivity contribution in [3.05, 3.63) is 48.3 Å². The number of carboxylic acid groups (broad SMARTS) is 1. The molecule has 5 nitrogen and oxygen atoms in total. The molecule has 3 N–H and O–H groups in total. The first-order valence-electron chi connectivity index (χ1n) is 5.97. The number of nitrogens with zero attached hydrogens (tertiary/aromatic N) is 1. The summed E-state index contributed by atoms with van der Waals surface area (Å²) in [6, 6.07) is 8.19. The lowest BCUT2D eigenvalue weighted by Gasteiger charge is -2.13. The molecule has 0 radical (unpaired) electrons. The van der Waals surface area contributed by atoms with E-state index in [0.717, 1.165) is 5.56 Å². The molecule has 2 aromatic rings. The van der Waals surface area contributed by atoms with Gasteiger partial charge in [0.15, 0.2) is 0 Å². The SMILES string of the molecule is CNC(Cc1ccc(O)c(-n2cccc2)c1)C(=O)O. The maximum Gasteiger partial charge on any atom is 0.321 e. The number of hydrogen-bond acceptors (Lipinski definition) is 3. The van der Waals surface area contributed by atoms with Crippen molar-refractivity contribution < 1.29 is 15.0 Å². The van der Waals surface area contributed by atoms with Crippen LogP contribution in [0.3, 0.4) is 0 Å². The van der Waals surface area contributed by atoms with Crippen molar-refractivity contribution in [1.82, 2.24) is 9.88 Å². The lowest BCUT2D eigenvalue weighted by Crippen LogP contribution is -2.35. The summed E-state index contributed by atoms with van der Waals surface area (Å²) in [7, 11) is 1.62. The van der Waals surface area contributed by atoms with E-state index in [0.29, 0.717) is 12.1 Å². The molecule has 0 bridgehead atoms. The number of likely N-dealkylation sites (N-methyl/N-ethyl adjacent to an activating group) is 1. The molecule has 0 amide bonds. The van der Waals surface area contributed by atoms with Crippen LogP contribution < -0.4 is 5.32 Å². The van der Waals surface area contributed by atoms with E-state index >= 15 is 0 Å². The highest BCUT2D eigenvalue weighted by Crippen LogP contribution is 2.23. The van der Waals surface area contributed by atoms with E-state index in [-0.39, 0.29) is 5.75 Å². The first kappa shape index (κ1) is 13.2. The lowest BCUT2D eigenvalue weighted by atomic mass is 10.0. The van der Waals surface area contributed by atoms with Gasteiger partial charge in [-0.15, -0.1) is 0 Å². The number of nitrogens with one attached hydrogen (secondary N) is 1. The van der Waals surface area contributed by atoms with Crippen LogP contribution in [0.15, 0.2) is 42.7 Å². The quantitative estimate of drug-likeness (QED) is 0.759. The van der Waals surface area contributed by atoms with Crippen molar-refractivity contribution >= 4 is 5.97 Å². The maximum atomic E-state index is 11.0. The predicted molar refractivity (Wildman–Crippen MR) is 71.6 cm³/mol. The van der Waals surface area contributed by atoms with Crippen LogP contribution in [0, 0.1) is 0 Å². The van der Waals surface area contributed by atoms with Gasteiger partial charge in [0.1, 0.15) is 11.8 Å². The number of phenols is 1. The highest BCUT2D eigenvalue weighted by Gasteiger charge is 2.16. The Kier molecular flexibility index (Phi) is 3.87. The van der Waals surface area contributed by atoms with Crippen LogP contribution in [0.1, 0.15) is 5.56 Å². The summed E-state index contributed by atoms with van der Waals surface area (Å²) < 4.78 is 1.79. The number of aromatic nitrogens is 1. The van der Waals surface area contributed by atoms with Crippen molar-refractivity contribution in [1.29, 1.82) is 0 Å². The Labute approximate surface area is 111 Å². The van der Waals surface area contributed by atoms with Crippen LogP contribution >= 0.6 is 0 Å². The molecule has 0 saturated carbocycles. The summed E-state index contributed by atoms with van der Waals surface area (Å²) in [5.74, 6) is -0.727. The molecule has 1 unspecified atom stereocenters. The van der Waals surface area contributed by atoms with Crippen LogP contribution in [0.5, 0.6) is 5.75 Å². The molecule has 1 aromatic carbocycles. The molecule has 5 heteroatoms. The van der Waals surface area contributed by atoms with E-state index in [2.05, 4.69) is 5.32 Å². The van der Waals surface area contributed by atoms with E-state index in [9.17, 15) is 9.90 Å². The van der Waals surface area contributed by atoms with Gasteiger partial charge in [-0.2, -0.15) is 0 Å². The fraction of sp³-hybridized carbons (Fsp3) is 0.214. The van der Waals surface area contributed by atoms with Gasteiger partial charge < -0.3 is 20.1 Å². The molecule has 1 aromatic heterocycles. The Morgan fingerprint density at radius 2 is 2.05 bits per heavy atom. The first-order chi connectivity index (χ1) is 9.11. The second-order valence-corrected chi connectivity index (χ2v) is 4.30. The lowest BCUT2D eigenvalue weighted by molar-refractivity contribution is -0.139. The van der Waals surface area contributed by atoms with Crippen LogP contribution in [-0.2, 0) is 11.2 Å². The van der Waals surface area contributed by atoms with Crippen LogP contribution in [0.2, 0.25) is 0 Å². The summed E-state index contributed by atoms with van der Waals surface area (Å²) in [5, 5.41) is 21.6. The van der Waals surface area contributed by atoms with Crippen molar-refractivity contribution in [2.75, 3.05) is 7.05 Å². The molecular formula is C14H16N2O3. The molecule has 100 valence electrons. The number of carboxylic acids is 1. The minimum absolute atomic E-state index is 0.163. The minimum Gasteiger partial charge on any atom is -0.506 e.